The molecule has 1 saturated heterocycles. The Morgan fingerprint density at radius 1 is 1.06 bits per heavy atom. The lowest BCUT2D eigenvalue weighted by Crippen LogP contribution is -2.34. The molecule has 2 aromatic carbocycles. The van der Waals surface area contributed by atoms with E-state index >= 15 is 0 Å². The van der Waals surface area contributed by atoms with Gasteiger partial charge in [-0.05, 0) is 48.6 Å². The van der Waals surface area contributed by atoms with Crippen molar-refractivity contribution >= 4 is 28.7 Å². The first-order valence-electron chi connectivity index (χ1n) is 11.6. The zero-order chi connectivity index (χ0) is 24.8. The molecule has 0 unspecified atom stereocenters. The maximum absolute atomic E-state index is 12.7. The second-order valence-corrected chi connectivity index (χ2v) is 8.43. The number of methoxy groups -OCH3 is 2. The molecule has 9 heteroatoms. The highest BCUT2D eigenvalue weighted by Crippen LogP contribution is 2.27. The number of hydrogen-bond acceptors (Lipinski definition) is 5. The number of amides is 4. The van der Waals surface area contributed by atoms with Crippen LogP contribution in [0.25, 0.3) is 10.9 Å². The largest absolute Gasteiger partial charge is 0.493 e. The van der Waals surface area contributed by atoms with E-state index in [9.17, 15) is 14.4 Å². The molecule has 0 bridgehead atoms. The molecule has 0 saturated carbocycles. The van der Waals surface area contributed by atoms with Crippen LogP contribution in [0.5, 0.6) is 11.5 Å². The number of rotatable bonds is 11. The molecule has 9 nitrogen and oxygen atoms in total. The molecule has 1 aliphatic rings. The molecule has 184 valence electrons. The highest BCUT2D eigenvalue weighted by atomic mass is 16.5. The van der Waals surface area contributed by atoms with Crippen LogP contribution in [-0.4, -0.2) is 61.1 Å². The summed E-state index contributed by atoms with van der Waals surface area (Å²) in [5, 5.41) is 6.66. The minimum absolute atomic E-state index is 0.152. The Balaban J connectivity index is 1.21. The summed E-state index contributed by atoms with van der Waals surface area (Å²) in [7, 11) is 3.16. The summed E-state index contributed by atoms with van der Waals surface area (Å²) in [6.45, 7) is 0.747. The number of aromatic nitrogens is 1. The number of H-pyrrole nitrogens is 1. The first-order valence-corrected chi connectivity index (χ1v) is 11.6. The van der Waals surface area contributed by atoms with Gasteiger partial charge in [0.1, 0.15) is 6.04 Å². The van der Waals surface area contributed by atoms with Crippen LogP contribution < -0.4 is 20.1 Å². The summed E-state index contributed by atoms with van der Waals surface area (Å²) < 4.78 is 10.5. The summed E-state index contributed by atoms with van der Waals surface area (Å²) >= 11 is 0. The van der Waals surface area contributed by atoms with Crippen molar-refractivity contribution in [2.24, 2.45) is 0 Å². The van der Waals surface area contributed by atoms with Crippen LogP contribution in [0.15, 0.2) is 48.7 Å². The summed E-state index contributed by atoms with van der Waals surface area (Å²) in [4.78, 5) is 41.8. The molecule has 0 spiro atoms. The fourth-order valence-electron chi connectivity index (χ4n) is 4.30. The van der Waals surface area contributed by atoms with Gasteiger partial charge in [0.25, 0.3) is 5.91 Å². The first-order chi connectivity index (χ1) is 17.0. The predicted octanol–water partition coefficient (Wildman–Crippen LogP) is 2.79. The van der Waals surface area contributed by atoms with Crippen LogP contribution in [0, 0.1) is 0 Å². The van der Waals surface area contributed by atoms with Crippen LogP contribution >= 0.6 is 0 Å². The van der Waals surface area contributed by atoms with Gasteiger partial charge < -0.3 is 25.1 Å². The topological polar surface area (TPSA) is 113 Å². The first kappa shape index (κ1) is 24.1. The Kier molecular flexibility index (Phi) is 7.54. The lowest BCUT2D eigenvalue weighted by atomic mass is 10.1. The van der Waals surface area contributed by atoms with E-state index in [0.717, 1.165) is 22.0 Å². The highest BCUT2D eigenvalue weighted by molar-refractivity contribution is 6.04. The van der Waals surface area contributed by atoms with E-state index in [0.29, 0.717) is 37.4 Å². The lowest BCUT2D eigenvalue weighted by Gasteiger charge is -2.13. The molecule has 1 aromatic heterocycles. The smallest absolute Gasteiger partial charge is 0.324 e. The van der Waals surface area contributed by atoms with Gasteiger partial charge in [-0.1, -0.05) is 24.3 Å². The fourth-order valence-corrected chi connectivity index (χ4v) is 4.30. The number of fused-ring (bicyclic) bond motifs is 1. The Morgan fingerprint density at radius 3 is 2.66 bits per heavy atom. The van der Waals surface area contributed by atoms with Crippen molar-refractivity contribution in [3.63, 3.8) is 0 Å². The zero-order valence-corrected chi connectivity index (χ0v) is 19.9. The van der Waals surface area contributed by atoms with E-state index in [1.807, 2.05) is 48.7 Å². The Bertz CT molecular complexity index is 1220. The van der Waals surface area contributed by atoms with Gasteiger partial charge in [-0.2, -0.15) is 0 Å². The van der Waals surface area contributed by atoms with E-state index < -0.39 is 12.1 Å². The van der Waals surface area contributed by atoms with Crippen molar-refractivity contribution in [1.82, 2.24) is 20.5 Å². The van der Waals surface area contributed by atoms with Gasteiger partial charge in [0.15, 0.2) is 11.5 Å². The molecular weight excluding hydrogens is 448 g/mol. The number of benzene rings is 2. The summed E-state index contributed by atoms with van der Waals surface area (Å²) in [6.07, 6.45) is 3.52. The number of hydrogen-bond donors (Lipinski definition) is 3. The number of ether oxygens (including phenoxy) is 2. The third-order valence-electron chi connectivity index (χ3n) is 6.23. The molecule has 4 amide bonds. The third kappa shape index (κ3) is 5.56. The molecule has 0 radical (unpaired) electrons. The molecule has 2 heterocycles. The van der Waals surface area contributed by atoms with Crippen LogP contribution in [-0.2, 0) is 22.4 Å². The van der Waals surface area contributed by atoms with E-state index in [1.54, 1.807) is 14.2 Å². The van der Waals surface area contributed by atoms with Gasteiger partial charge in [0, 0.05) is 36.6 Å². The van der Waals surface area contributed by atoms with Crippen molar-refractivity contribution < 1.29 is 23.9 Å². The average Bonchev–Trinajstić information content (AvgIpc) is 3.41. The molecule has 35 heavy (non-hydrogen) atoms. The van der Waals surface area contributed by atoms with Crippen molar-refractivity contribution in [2.45, 2.75) is 31.7 Å². The van der Waals surface area contributed by atoms with Crippen LogP contribution in [0.3, 0.4) is 0 Å². The SMILES string of the molecule is COc1ccc(CCNC(=O)CC[C@H]2NC(=O)N(CCc3c[nH]c4ccccc34)C2=O)cc1OC. The Hall–Kier alpha value is -4.01. The third-order valence-corrected chi connectivity index (χ3v) is 6.23. The molecular formula is C26H30N4O5. The lowest BCUT2D eigenvalue weighted by molar-refractivity contribution is -0.127. The van der Waals surface area contributed by atoms with Gasteiger partial charge >= 0.3 is 6.03 Å². The molecule has 4 rings (SSSR count). The van der Waals surface area contributed by atoms with Gasteiger partial charge in [0.05, 0.1) is 14.2 Å². The number of aromatic amines is 1. The number of para-hydroxylation sites is 1. The number of carbonyl (C=O) groups is 3. The normalized spacial score (nSPS) is 15.4. The maximum atomic E-state index is 12.7. The number of urea groups is 1. The van der Waals surface area contributed by atoms with Crippen molar-refractivity contribution in [3.05, 3.63) is 59.8 Å². The van der Waals surface area contributed by atoms with Crippen LogP contribution in [0.4, 0.5) is 4.79 Å². The van der Waals surface area contributed by atoms with E-state index in [2.05, 4.69) is 15.6 Å². The Morgan fingerprint density at radius 2 is 1.86 bits per heavy atom. The minimum Gasteiger partial charge on any atom is -0.493 e. The number of carbonyl (C=O) groups excluding carboxylic acids is 3. The quantitative estimate of drug-likeness (QED) is 0.367. The Labute approximate surface area is 203 Å². The van der Waals surface area contributed by atoms with E-state index in [4.69, 9.17) is 9.47 Å². The summed E-state index contributed by atoms with van der Waals surface area (Å²) in [6, 6.07) is 12.5. The number of nitrogens with one attached hydrogen (secondary N) is 3. The molecule has 1 aliphatic heterocycles. The van der Waals surface area contributed by atoms with Crippen molar-refractivity contribution in [2.75, 3.05) is 27.3 Å². The number of nitrogens with zero attached hydrogens (tertiary/aromatic N) is 1. The monoisotopic (exact) mass is 478 g/mol. The van der Waals surface area contributed by atoms with Gasteiger partial charge in [0.2, 0.25) is 5.91 Å². The molecule has 3 N–H and O–H groups in total. The average molecular weight is 479 g/mol. The van der Waals surface area contributed by atoms with Crippen molar-refractivity contribution in [1.29, 1.82) is 0 Å². The zero-order valence-electron chi connectivity index (χ0n) is 19.9. The van der Waals surface area contributed by atoms with Gasteiger partial charge in [-0.15, -0.1) is 0 Å². The molecule has 1 atom stereocenters. The summed E-state index contributed by atoms with van der Waals surface area (Å²) in [5.74, 6) is 0.845. The van der Waals surface area contributed by atoms with Crippen molar-refractivity contribution in [3.8, 4) is 11.5 Å². The second kappa shape index (κ2) is 10.9. The summed E-state index contributed by atoms with van der Waals surface area (Å²) in [5.41, 5.74) is 3.08. The molecule has 1 fully saturated rings. The van der Waals surface area contributed by atoms with Gasteiger partial charge in [-0.3, -0.25) is 14.5 Å². The van der Waals surface area contributed by atoms with E-state index in [-0.39, 0.29) is 24.7 Å². The van der Waals surface area contributed by atoms with E-state index in [1.165, 1.54) is 4.90 Å². The predicted molar refractivity (Wildman–Crippen MR) is 132 cm³/mol. The maximum Gasteiger partial charge on any atom is 0.324 e. The van der Waals surface area contributed by atoms with Gasteiger partial charge in [-0.25, -0.2) is 4.79 Å². The standard InChI is InChI=1S/C26H30N4O5/c1-34-22-9-7-17(15-23(22)35-2)11-13-27-24(31)10-8-21-25(32)30(26(33)29-21)14-12-18-16-28-20-6-4-3-5-19(18)20/h3-7,9,15-16,21,28H,8,10-14H2,1-2H3,(H,27,31)(H,29,33)/t21-/m1/s1. The second-order valence-electron chi connectivity index (χ2n) is 8.43. The molecule has 0 aliphatic carbocycles. The molecule has 3 aromatic rings. The minimum atomic E-state index is -0.679. The fraction of sp³-hybridized carbons (Fsp3) is 0.346. The highest BCUT2D eigenvalue weighted by Gasteiger charge is 2.37. The van der Waals surface area contributed by atoms with Crippen LogP contribution in [0.2, 0.25) is 0 Å². The number of imide groups is 1. The van der Waals surface area contributed by atoms with Crippen LogP contribution in [0.1, 0.15) is 24.0 Å².